The van der Waals surface area contributed by atoms with Crippen molar-refractivity contribution in [2.24, 2.45) is 0 Å². The highest BCUT2D eigenvalue weighted by Gasteiger charge is 2.28. The maximum atomic E-state index is 13.2. The fourth-order valence-corrected chi connectivity index (χ4v) is 4.11. The van der Waals surface area contributed by atoms with Gasteiger partial charge in [0.25, 0.3) is 0 Å². The largest absolute Gasteiger partial charge is 0.497 e. The number of ether oxygens (including phenoxy) is 1. The Labute approximate surface area is 214 Å². The molecule has 1 aliphatic rings. The number of aromatic nitrogens is 2. The molecule has 1 aliphatic heterocycles. The summed E-state index contributed by atoms with van der Waals surface area (Å²) in [6, 6.07) is 11.4. The number of benzene rings is 1. The molecule has 3 amide bonds. The van der Waals surface area contributed by atoms with E-state index in [0.717, 1.165) is 42.2 Å². The predicted molar refractivity (Wildman–Crippen MR) is 142 cm³/mol. The van der Waals surface area contributed by atoms with Crippen LogP contribution in [0.25, 0.3) is 11.3 Å². The van der Waals surface area contributed by atoms with Crippen LogP contribution in [0.3, 0.4) is 0 Å². The second kappa shape index (κ2) is 12.1. The van der Waals surface area contributed by atoms with Crippen LogP contribution in [0, 0.1) is 0 Å². The van der Waals surface area contributed by atoms with Crippen molar-refractivity contribution in [3.8, 4) is 17.0 Å². The summed E-state index contributed by atoms with van der Waals surface area (Å²) in [4.78, 5) is 31.7. The van der Waals surface area contributed by atoms with E-state index in [-0.39, 0.29) is 30.1 Å². The number of amides is 3. The number of hydrogen-bond acceptors (Lipinski definition) is 6. The third-order valence-corrected chi connectivity index (χ3v) is 6.36. The van der Waals surface area contributed by atoms with E-state index >= 15 is 0 Å². The Hall–Kier alpha value is -3.36. The monoisotopic (exact) mass is 496 g/mol. The number of rotatable bonds is 7. The SMILES string of the molecule is CC[C@H](C)N(CC(=O)N1CCCN(c2ccc(-c3cccc(OC)c3)nn2)CC1)C(=O)NC(C)(C)C. The molecule has 1 atom stereocenters. The van der Waals surface area contributed by atoms with Crippen molar-refractivity contribution in [1.29, 1.82) is 0 Å². The summed E-state index contributed by atoms with van der Waals surface area (Å²) in [6.07, 6.45) is 1.60. The smallest absolute Gasteiger partial charge is 0.318 e. The Morgan fingerprint density at radius 3 is 2.53 bits per heavy atom. The molecule has 1 saturated heterocycles. The van der Waals surface area contributed by atoms with Crippen molar-refractivity contribution in [3.05, 3.63) is 36.4 Å². The molecule has 2 heterocycles. The molecule has 196 valence electrons. The summed E-state index contributed by atoms with van der Waals surface area (Å²) >= 11 is 0. The van der Waals surface area contributed by atoms with Gasteiger partial charge in [-0.3, -0.25) is 4.79 Å². The fraction of sp³-hybridized carbons (Fsp3) is 0.556. The lowest BCUT2D eigenvalue weighted by molar-refractivity contribution is -0.132. The van der Waals surface area contributed by atoms with Crippen LogP contribution in [0.5, 0.6) is 5.75 Å². The Balaban J connectivity index is 1.62. The minimum Gasteiger partial charge on any atom is -0.497 e. The molecule has 0 spiro atoms. The van der Waals surface area contributed by atoms with Gasteiger partial charge in [0.05, 0.1) is 12.8 Å². The van der Waals surface area contributed by atoms with Gasteiger partial charge in [0, 0.05) is 43.3 Å². The number of carbonyl (C=O) groups excluding carboxylic acids is 2. The van der Waals surface area contributed by atoms with Crippen LogP contribution in [0.2, 0.25) is 0 Å². The lowest BCUT2D eigenvalue weighted by atomic mass is 10.1. The molecule has 0 aliphatic carbocycles. The zero-order valence-corrected chi connectivity index (χ0v) is 22.5. The molecule has 36 heavy (non-hydrogen) atoms. The highest BCUT2D eigenvalue weighted by Crippen LogP contribution is 2.23. The van der Waals surface area contributed by atoms with Crippen molar-refractivity contribution < 1.29 is 14.3 Å². The second-order valence-corrected chi connectivity index (χ2v) is 10.3. The quantitative estimate of drug-likeness (QED) is 0.627. The topological polar surface area (TPSA) is 90.9 Å². The number of nitrogens with zero attached hydrogens (tertiary/aromatic N) is 5. The maximum absolute atomic E-state index is 13.2. The molecule has 1 aromatic heterocycles. The van der Waals surface area contributed by atoms with Crippen LogP contribution in [0.1, 0.15) is 47.5 Å². The first-order valence-corrected chi connectivity index (χ1v) is 12.7. The van der Waals surface area contributed by atoms with Crippen LogP contribution >= 0.6 is 0 Å². The first kappa shape index (κ1) is 27.2. The zero-order valence-electron chi connectivity index (χ0n) is 22.5. The van der Waals surface area contributed by atoms with Gasteiger partial charge < -0.3 is 24.8 Å². The van der Waals surface area contributed by atoms with E-state index in [4.69, 9.17) is 4.74 Å². The number of anilines is 1. The third-order valence-electron chi connectivity index (χ3n) is 6.36. The molecular weight excluding hydrogens is 456 g/mol. The highest BCUT2D eigenvalue weighted by atomic mass is 16.5. The molecule has 1 N–H and O–H groups in total. The van der Waals surface area contributed by atoms with Gasteiger partial charge in [-0.2, -0.15) is 0 Å². The number of carbonyl (C=O) groups is 2. The molecule has 0 radical (unpaired) electrons. The molecule has 0 unspecified atom stereocenters. The minimum absolute atomic E-state index is 0.0272. The summed E-state index contributed by atoms with van der Waals surface area (Å²) in [7, 11) is 1.64. The van der Waals surface area contributed by atoms with Crippen LogP contribution in [-0.4, -0.2) is 83.3 Å². The van der Waals surface area contributed by atoms with E-state index in [2.05, 4.69) is 20.4 Å². The molecule has 3 rings (SSSR count). The van der Waals surface area contributed by atoms with Gasteiger partial charge in [-0.15, -0.1) is 10.2 Å². The molecule has 1 aromatic carbocycles. The van der Waals surface area contributed by atoms with Gasteiger partial charge >= 0.3 is 6.03 Å². The van der Waals surface area contributed by atoms with E-state index in [1.54, 1.807) is 12.0 Å². The average molecular weight is 497 g/mol. The maximum Gasteiger partial charge on any atom is 0.318 e. The molecule has 9 heteroatoms. The van der Waals surface area contributed by atoms with Crippen LogP contribution in [0.4, 0.5) is 10.6 Å². The number of urea groups is 1. The summed E-state index contributed by atoms with van der Waals surface area (Å²) in [5.41, 5.74) is 1.36. The van der Waals surface area contributed by atoms with Crippen molar-refractivity contribution in [2.45, 2.75) is 59.0 Å². The van der Waals surface area contributed by atoms with Crippen molar-refractivity contribution >= 4 is 17.8 Å². The molecule has 9 nitrogen and oxygen atoms in total. The molecule has 1 fully saturated rings. The van der Waals surface area contributed by atoms with Crippen LogP contribution in [-0.2, 0) is 4.79 Å². The van der Waals surface area contributed by atoms with E-state index in [9.17, 15) is 9.59 Å². The molecule has 0 saturated carbocycles. The third kappa shape index (κ3) is 7.32. The molecule has 2 aromatic rings. The Bertz CT molecular complexity index is 1020. The standard InChI is InChI=1S/C27H40N6O3/c1-7-20(2)33(26(35)28-27(3,4)5)19-25(34)32-15-9-14-31(16-17-32)24-13-12-23(29-30-24)21-10-8-11-22(18-21)36-6/h8,10-13,18,20H,7,9,14-17,19H2,1-6H3,(H,28,35)/t20-/m0/s1. The first-order valence-electron chi connectivity index (χ1n) is 12.7. The Kier molecular flexibility index (Phi) is 9.12. The summed E-state index contributed by atoms with van der Waals surface area (Å²) in [5, 5.41) is 11.9. The van der Waals surface area contributed by atoms with Crippen molar-refractivity contribution in [1.82, 2.24) is 25.3 Å². The lowest BCUT2D eigenvalue weighted by Gasteiger charge is -2.33. The Morgan fingerprint density at radius 2 is 1.89 bits per heavy atom. The van der Waals surface area contributed by atoms with Crippen molar-refractivity contribution in [2.75, 3.05) is 44.7 Å². The summed E-state index contributed by atoms with van der Waals surface area (Å²) in [5.74, 6) is 1.54. The average Bonchev–Trinajstić information content (AvgIpc) is 3.12. The number of nitrogens with one attached hydrogen (secondary N) is 1. The molecule has 0 bridgehead atoms. The normalized spacial score (nSPS) is 15.2. The number of methoxy groups -OCH3 is 1. The van der Waals surface area contributed by atoms with Gasteiger partial charge in [-0.05, 0) is 64.8 Å². The van der Waals surface area contributed by atoms with Gasteiger partial charge in [0.1, 0.15) is 12.3 Å². The van der Waals surface area contributed by atoms with E-state index in [0.29, 0.717) is 19.6 Å². The summed E-state index contributed by atoms with van der Waals surface area (Å²) < 4.78 is 5.30. The minimum atomic E-state index is -0.363. The van der Waals surface area contributed by atoms with E-state index in [1.165, 1.54) is 0 Å². The fourth-order valence-electron chi connectivity index (χ4n) is 4.11. The molecular formula is C27H40N6O3. The highest BCUT2D eigenvalue weighted by molar-refractivity contribution is 5.84. The Morgan fingerprint density at radius 1 is 1.11 bits per heavy atom. The van der Waals surface area contributed by atoms with Crippen molar-refractivity contribution in [3.63, 3.8) is 0 Å². The van der Waals surface area contributed by atoms with Crippen LogP contribution < -0.4 is 15.0 Å². The summed E-state index contributed by atoms with van der Waals surface area (Å²) in [6.45, 7) is 12.6. The van der Waals surface area contributed by atoms with Gasteiger partial charge in [-0.25, -0.2) is 4.79 Å². The second-order valence-electron chi connectivity index (χ2n) is 10.3. The van der Waals surface area contributed by atoms with Crippen LogP contribution in [0.15, 0.2) is 36.4 Å². The van der Waals surface area contributed by atoms with E-state index < -0.39 is 0 Å². The predicted octanol–water partition coefficient (Wildman–Crippen LogP) is 3.80. The van der Waals surface area contributed by atoms with Gasteiger partial charge in [0.2, 0.25) is 5.91 Å². The zero-order chi connectivity index (χ0) is 26.3. The number of hydrogen-bond donors (Lipinski definition) is 1. The van der Waals surface area contributed by atoms with E-state index in [1.807, 2.05) is 75.9 Å². The lowest BCUT2D eigenvalue weighted by Crippen LogP contribution is -2.54. The van der Waals surface area contributed by atoms with Gasteiger partial charge in [-0.1, -0.05) is 19.1 Å². The first-order chi connectivity index (χ1) is 17.1. The van der Waals surface area contributed by atoms with Gasteiger partial charge in [0.15, 0.2) is 5.82 Å².